The highest BCUT2D eigenvalue weighted by Gasteiger charge is 2.12. The monoisotopic (exact) mass is 290 g/mol. The van der Waals surface area contributed by atoms with Gasteiger partial charge >= 0.3 is 0 Å². The molecular weight excluding hydrogens is 272 g/mol. The van der Waals surface area contributed by atoms with Crippen molar-refractivity contribution in [3.05, 3.63) is 39.6 Å². The molecule has 1 aromatic heterocycles. The summed E-state index contributed by atoms with van der Waals surface area (Å²) in [5, 5.41) is 0. The average Bonchev–Trinajstić information content (AvgIpc) is 2.75. The average molecular weight is 290 g/mol. The van der Waals surface area contributed by atoms with E-state index >= 15 is 0 Å². The lowest BCUT2D eigenvalue weighted by atomic mass is 10.3. The number of ketones is 1. The molecule has 0 saturated carbocycles. The summed E-state index contributed by atoms with van der Waals surface area (Å²) in [6.45, 7) is 6.37. The number of hydrogen-bond donors (Lipinski definition) is 0. The summed E-state index contributed by atoms with van der Waals surface area (Å²) in [5.41, 5.74) is 1.74. The van der Waals surface area contributed by atoms with E-state index in [2.05, 4.69) is 4.99 Å². The Morgan fingerprint density at radius 3 is 2.70 bits per heavy atom. The fraction of sp³-hybridized carbons (Fsp3) is 0.333. The van der Waals surface area contributed by atoms with Crippen molar-refractivity contribution in [2.45, 2.75) is 27.3 Å². The largest absolute Gasteiger partial charge is 0.494 e. The highest BCUT2D eigenvalue weighted by Crippen LogP contribution is 2.26. The third kappa shape index (κ3) is 2.67. The number of aromatic nitrogens is 1. The fourth-order valence-electron chi connectivity index (χ4n) is 2.09. The lowest BCUT2D eigenvalue weighted by molar-refractivity contribution is 0.102. The van der Waals surface area contributed by atoms with E-state index in [4.69, 9.17) is 4.74 Å². The second kappa shape index (κ2) is 6.05. The molecule has 0 radical (unpaired) electrons. The lowest BCUT2D eigenvalue weighted by Gasteiger charge is -2.04. The first-order chi connectivity index (χ1) is 9.58. The topological polar surface area (TPSA) is 43.6 Å². The predicted octanol–water partition coefficient (Wildman–Crippen LogP) is 3.32. The van der Waals surface area contributed by atoms with Crippen LogP contribution in [0.3, 0.4) is 0 Å². The van der Waals surface area contributed by atoms with Gasteiger partial charge in [0.1, 0.15) is 11.4 Å². The van der Waals surface area contributed by atoms with Crippen molar-refractivity contribution in [2.75, 3.05) is 7.11 Å². The number of methoxy groups -OCH3 is 1. The molecule has 20 heavy (non-hydrogen) atoms. The van der Waals surface area contributed by atoms with Crippen LogP contribution in [0.4, 0.5) is 5.69 Å². The van der Waals surface area contributed by atoms with Crippen molar-refractivity contribution in [3.63, 3.8) is 0 Å². The van der Waals surface area contributed by atoms with Crippen LogP contribution in [0.2, 0.25) is 0 Å². The Hall–Kier alpha value is -1.88. The molecule has 5 heteroatoms. The molecule has 0 saturated heterocycles. The van der Waals surface area contributed by atoms with Crippen LogP contribution < -0.4 is 9.54 Å². The van der Waals surface area contributed by atoms with Gasteiger partial charge in [-0.1, -0.05) is 23.5 Å². The molecule has 0 atom stereocenters. The van der Waals surface area contributed by atoms with E-state index in [0.717, 1.165) is 33.4 Å². The van der Waals surface area contributed by atoms with Crippen LogP contribution in [-0.4, -0.2) is 17.5 Å². The molecule has 0 fully saturated rings. The Balaban J connectivity index is 2.65. The maximum atomic E-state index is 11.7. The maximum Gasteiger partial charge on any atom is 0.190 e. The van der Waals surface area contributed by atoms with Gasteiger partial charge in [0.05, 0.1) is 12.0 Å². The van der Waals surface area contributed by atoms with Crippen molar-refractivity contribution >= 4 is 22.8 Å². The molecule has 0 amide bonds. The predicted molar refractivity (Wildman–Crippen MR) is 80.9 cm³/mol. The number of rotatable bonds is 4. The second-order valence-corrected chi connectivity index (χ2v) is 5.36. The number of carbonyl (C=O) groups is 1. The molecule has 4 nitrogen and oxygen atoms in total. The van der Waals surface area contributed by atoms with Gasteiger partial charge in [-0.05, 0) is 26.0 Å². The number of Topliss-reactive ketones (excluding diaryl/α,β-unsaturated/α-hetero) is 1. The fourth-order valence-corrected chi connectivity index (χ4v) is 3.20. The third-order valence-electron chi connectivity index (χ3n) is 3.09. The molecule has 0 spiro atoms. The molecule has 106 valence electrons. The summed E-state index contributed by atoms with van der Waals surface area (Å²) in [6.07, 6.45) is 0. The lowest BCUT2D eigenvalue weighted by Crippen LogP contribution is -2.14. The van der Waals surface area contributed by atoms with E-state index in [1.54, 1.807) is 14.0 Å². The zero-order valence-electron chi connectivity index (χ0n) is 12.1. The van der Waals surface area contributed by atoms with Crippen LogP contribution in [0.15, 0.2) is 29.3 Å². The van der Waals surface area contributed by atoms with Crippen LogP contribution >= 0.6 is 11.3 Å². The van der Waals surface area contributed by atoms with Gasteiger partial charge in [-0.25, -0.2) is 4.99 Å². The van der Waals surface area contributed by atoms with Gasteiger partial charge in [-0.2, -0.15) is 0 Å². The van der Waals surface area contributed by atoms with Crippen molar-refractivity contribution in [1.82, 2.24) is 4.57 Å². The Bertz CT molecular complexity index is 698. The Labute approximate surface area is 122 Å². The van der Waals surface area contributed by atoms with Crippen LogP contribution in [0.25, 0.3) is 0 Å². The van der Waals surface area contributed by atoms with Crippen molar-refractivity contribution in [2.24, 2.45) is 4.99 Å². The van der Waals surface area contributed by atoms with Crippen molar-refractivity contribution in [3.8, 4) is 5.75 Å². The molecular formula is C15H18N2O2S. The van der Waals surface area contributed by atoms with E-state index in [1.165, 1.54) is 11.3 Å². The number of carbonyl (C=O) groups excluding carboxylic acids is 1. The van der Waals surface area contributed by atoms with Crippen LogP contribution in [0.1, 0.15) is 29.2 Å². The molecule has 0 bridgehead atoms. The van der Waals surface area contributed by atoms with Gasteiger partial charge in [0.25, 0.3) is 0 Å². The van der Waals surface area contributed by atoms with Gasteiger partial charge in [0, 0.05) is 19.2 Å². The number of benzene rings is 1. The summed E-state index contributed by atoms with van der Waals surface area (Å²) in [4.78, 5) is 17.9. The minimum absolute atomic E-state index is 0.0798. The molecule has 0 aliphatic carbocycles. The Morgan fingerprint density at radius 2 is 2.10 bits per heavy atom. The standard InChI is InChI=1S/C15H18N2O2S/c1-5-17-10(2)14(11(3)18)20-15(17)16-12-8-6-7-9-13(12)19-4/h6-9H,5H2,1-4H3. The minimum Gasteiger partial charge on any atom is -0.494 e. The van der Waals surface area contributed by atoms with Crippen LogP contribution in [0, 0.1) is 6.92 Å². The van der Waals surface area contributed by atoms with Crippen LogP contribution in [0.5, 0.6) is 5.75 Å². The zero-order chi connectivity index (χ0) is 14.7. The normalized spacial score (nSPS) is 11.7. The zero-order valence-corrected chi connectivity index (χ0v) is 13.0. The summed E-state index contributed by atoms with van der Waals surface area (Å²) >= 11 is 1.42. The highest BCUT2D eigenvalue weighted by molar-refractivity contribution is 7.11. The van der Waals surface area contributed by atoms with E-state index in [1.807, 2.05) is 42.7 Å². The summed E-state index contributed by atoms with van der Waals surface area (Å²) < 4.78 is 7.36. The van der Waals surface area contributed by atoms with Crippen LogP contribution in [-0.2, 0) is 6.54 Å². The van der Waals surface area contributed by atoms with E-state index in [0.29, 0.717) is 0 Å². The molecule has 0 aliphatic heterocycles. The molecule has 1 aromatic carbocycles. The number of hydrogen-bond acceptors (Lipinski definition) is 4. The number of nitrogens with zero attached hydrogens (tertiary/aromatic N) is 2. The molecule has 2 aromatic rings. The molecule has 0 N–H and O–H groups in total. The first kappa shape index (κ1) is 14.5. The Kier molecular flexibility index (Phi) is 4.39. The summed E-state index contributed by atoms with van der Waals surface area (Å²) in [5.74, 6) is 0.807. The quantitative estimate of drug-likeness (QED) is 0.811. The molecule has 0 unspecified atom stereocenters. The van der Waals surface area contributed by atoms with Gasteiger partial charge in [-0.3, -0.25) is 4.79 Å². The van der Waals surface area contributed by atoms with E-state index in [-0.39, 0.29) is 5.78 Å². The second-order valence-electron chi connectivity index (χ2n) is 4.38. The van der Waals surface area contributed by atoms with E-state index in [9.17, 15) is 4.79 Å². The van der Waals surface area contributed by atoms with Gasteiger partial charge in [-0.15, -0.1) is 0 Å². The van der Waals surface area contributed by atoms with Gasteiger partial charge in [0.2, 0.25) is 0 Å². The van der Waals surface area contributed by atoms with E-state index < -0.39 is 0 Å². The third-order valence-corrected chi connectivity index (χ3v) is 4.38. The first-order valence-electron chi connectivity index (χ1n) is 6.47. The smallest absolute Gasteiger partial charge is 0.190 e. The molecule has 0 aliphatic rings. The summed E-state index contributed by atoms with van der Waals surface area (Å²) in [6, 6.07) is 7.61. The SMILES string of the molecule is CCn1c(C)c(C(C)=O)sc1=Nc1ccccc1OC. The first-order valence-corrected chi connectivity index (χ1v) is 7.29. The minimum atomic E-state index is 0.0798. The summed E-state index contributed by atoms with van der Waals surface area (Å²) in [7, 11) is 1.63. The number of ether oxygens (including phenoxy) is 1. The Morgan fingerprint density at radius 1 is 1.40 bits per heavy atom. The van der Waals surface area contributed by atoms with Crippen molar-refractivity contribution in [1.29, 1.82) is 0 Å². The molecule has 2 rings (SSSR count). The number of thiazole rings is 1. The maximum absolute atomic E-state index is 11.7. The van der Waals surface area contributed by atoms with Crippen molar-refractivity contribution < 1.29 is 9.53 Å². The van der Waals surface area contributed by atoms with Gasteiger partial charge < -0.3 is 9.30 Å². The number of para-hydroxylation sites is 2. The molecule has 1 heterocycles. The highest BCUT2D eigenvalue weighted by atomic mass is 32.1. The van der Waals surface area contributed by atoms with Gasteiger partial charge in [0.15, 0.2) is 10.6 Å².